The van der Waals surface area contributed by atoms with Crippen LogP contribution in [0.4, 0.5) is 0 Å². The summed E-state index contributed by atoms with van der Waals surface area (Å²) >= 11 is 0. The topological polar surface area (TPSA) is 51.6 Å². The van der Waals surface area contributed by atoms with Crippen molar-refractivity contribution in [2.24, 2.45) is 0 Å². The second-order valence-electron chi connectivity index (χ2n) is 3.93. The first kappa shape index (κ1) is 12.5. The summed E-state index contributed by atoms with van der Waals surface area (Å²) in [5.41, 5.74) is 1.62. The zero-order valence-electron chi connectivity index (χ0n) is 10.9. The van der Waals surface area contributed by atoms with Gasteiger partial charge in [-0.1, -0.05) is 0 Å². The molecule has 18 heavy (non-hydrogen) atoms. The van der Waals surface area contributed by atoms with Crippen molar-refractivity contribution in [2.75, 3.05) is 13.2 Å². The summed E-state index contributed by atoms with van der Waals surface area (Å²) < 4.78 is 10.9. The number of pyridine rings is 1. The maximum atomic E-state index is 9.96. The van der Waals surface area contributed by atoms with Crippen molar-refractivity contribution in [1.82, 2.24) is 4.98 Å². The Hall–Kier alpha value is -1.97. The summed E-state index contributed by atoms with van der Waals surface area (Å²) in [4.78, 5) is 4.41. The van der Waals surface area contributed by atoms with Gasteiger partial charge in [0.05, 0.1) is 18.7 Å². The molecular formula is C14H17NO3. The Balaban J connectivity index is 2.62. The van der Waals surface area contributed by atoms with Crippen LogP contribution in [0.1, 0.15) is 19.4 Å². The van der Waals surface area contributed by atoms with Gasteiger partial charge in [-0.2, -0.15) is 0 Å². The molecule has 0 aliphatic carbocycles. The molecule has 0 aliphatic heterocycles. The number of aromatic nitrogens is 1. The van der Waals surface area contributed by atoms with Crippen molar-refractivity contribution >= 4 is 10.9 Å². The maximum absolute atomic E-state index is 9.96. The van der Waals surface area contributed by atoms with Crippen LogP contribution in [0.2, 0.25) is 0 Å². The van der Waals surface area contributed by atoms with E-state index < -0.39 is 0 Å². The van der Waals surface area contributed by atoms with Gasteiger partial charge in [0.1, 0.15) is 11.5 Å². The SMILES string of the molecule is CCOc1cc(O)c2ccc(OCC)c(C)c2n1. The number of rotatable bonds is 4. The van der Waals surface area contributed by atoms with E-state index in [1.165, 1.54) is 6.07 Å². The van der Waals surface area contributed by atoms with Gasteiger partial charge in [-0.05, 0) is 32.9 Å². The highest BCUT2D eigenvalue weighted by molar-refractivity contribution is 5.89. The second-order valence-corrected chi connectivity index (χ2v) is 3.93. The van der Waals surface area contributed by atoms with E-state index >= 15 is 0 Å². The Bertz CT molecular complexity index is 566. The minimum absolute atomic E-state index is 0.176. The molecule has 0 bridgehead atoms. The van der Waals surface area contributed by atoms with E-state index in [1.807, 2.05) is 32.9 Å². The molecule has 0 atom stereocenters. The van der Waals surface area contributed by atoms with E-state index in [-0.39, 0.29) is 5.75 Å². The van der Waals surface area contributed by atoms with E-state index in [2.05, 4.69) is 4.98 Å². The zero-order valence-corrected chi connectivity index (χ0v) is 10.9. The number of aromatic hydroxyl groups is 1. The van der Waals surface area contributed by atoms with Crippen LogP contribution in [0.5, 0.6) is 17.4 Å². The third-order valence-electron chi connectivity index (χ3n) is 2.73. The fraction of sp³-hybridized carbons (Fsp3) is 0.357. The molecule has 96 valence electrons. The molecule has 0 unspecified atom stereocenters. The minimum Gasteiger partial charge on any atom is -0.507 e. The lowest BCUT2D eigenvalue weighted by atomic mass is 10.1. The van der Waals surface area contributed by atoms with Crippen LogP contribution in [-0.2, 0) is 0 Å². The van der Waals surface area contributed by atoms with Crippen LogP contribution in [0.3, 0.4) is 0 Å². The molecule has 2 aromatic rings. The molecule has 0 fully saturated rings. The molecule has 2 rings (SSSR count). The Morgan fingerprint density at radius 2 is 1.89 bits per heavy atom. The third kappa shape index (κ3) is 2.18. The molecule has 1 aromatic carbocycles. The van der Waals surface area contributed by atoms with E-state index in [0.29, 0.717) is 30.0 Å². The standard InChI is InChI=1S/C14H17NO3/c1-4-17-12-7-6-10-11(16)8-13(18-5-2)15-14(10)9(12)3/h6-8H,4-5H2,1-3H3,(H,15,16). The van der Waals surface area contributed by atoms with Gasteiger partial charge in [-0.25, -0.2) is 4.98 Å². The third-order valence-corrected chi connectivity index (χ3v) is 2.73. The van der Waals surface area contributed by atoms with Gasteiger partial charge in [0.25, 0.3) is 0 Å². The van der Waals surface area contributed by atoms with Gasteiger partial charge in [0.2, 0.25) is 5.88 Å². The van der Waals surface area contributed by atoms with Crippen molar-refractivity contribution in [3.8, 4) is 17.4 Å². The molecule has 4 nitrogen and oxygen atoms in total. The predicted molar refractivity (Wildman–Crippen MR) is 70.5 cm³/mol. The van der Waals surface area contributed by atoms with Crippen LogP contribution in [-0.4, -0.2) is 23.3 Å². The summed E-state index contributed by atoms with van der Waals surface area (Å²) in [7, 11) is 0. The fourth-order valence-corrected chi connectivity index (χ4v) is 1.90. The average molecular weight is 247 g/mol. The van der Waals surface area contributed by atoms with Gasteiger partial charge in [0.15, 0.2) is 0 Å². The highest BCUT2D eigenvalue weighted by Gasteiger charge is 2.11. The highest BCUT2D eigenvalue weighted by atomic mass is 16.5. The first-order valence-electron chi connectivity index (χ1n) is 6.06. The first-order valence-corrected chi connectivity index (χ1v) is 6.06. The van der Waals surface area contributed by atoms with E-state index in [1.54, 1.807) is 0 Å². The number of aryl methyl sites for hydroxylation is 1. The number of hydrogen-bond acceptors (Lipinski definition) is 4. The van der Waals surface area contributed by atoms with E-state index in [4.69, 9.17) is 9.47 Å². The first-order chi connectivity index (χ1) is 8.67. The van der Waals surface area contributed by atoms with Crippen LogP contribution in [0.15, 0.2) is 18.2 Å². The summed E-state index contributed by atoms with van der Waals surface area (Å²) in [6.07, 6.45) is 0. The number of benzene rings is 1. The van der Waals surface area contributed by atoms with Crippen LogP contribution < -0.4 is 9.47 Å². The van der Waals surface area contributed by atoms with Gasteiger partial charge in [-0.3, -0.25) is 0 Å². The van der Waals surface area contributed by atoms with Gasteiger partial charge < -0.3 is 14.6 Å². The summed E-state index contributed by atoms with van der Waals surface area (Å²) in [5.74, 6) is 1.39. The molecule has 0 amide bonds. The lowest BCUT2D eigenvalue weighted by Gasteiger charge is -2.11. The molecular weight excluding hydrogens is 230 g/mol. The minimum atomic E-state index is 0.176. The van der Waals surface area contributed by atoms with Crippen LogP contribution in [0.25, 0.3) is 10.9 Å². The van der Waals surface area contributed by atoms with E-state index in [0.717, 1.165) is 11.3 Å². The van der Waals surface area contributed by atoms with Crippen molar-refractivity contribution in [1.29, 1.82) is 0 Å². The molecule has 0 saturated carbocycles. The largest absolute Gasteiger partial charge is 0.507 e. The average Bonchev–Trinajstić information content (AvgIpc) is 2.34. The molecule has 1 heterocycles. The summed E-state index contributed by atoms with van der Waals surface area (Å²) in [6.45, 7) is 6.86. The maximum Gasteiger partial charge on any atom is 0.217 e. The van der Waals surface area contributed by atoms with Crippen molar-refractivity contribution in [2.45, 2.75) is 20.8 Å². The fourth-order valence-electron chi connectivity index (χ4n) is 1.90. The Kier molecular flexibility index (Phi) is 3.55. The molecule has 4 heteroatoms. The lowest BCUT2D eigenvalue weighted by molar-refractivity contribution is 0.325. The van der Waals surface area contributed by atoms with Crippen LogP contribution >= 0.6 is 0 Å². The van der Waals surface area contributed by atoms with Crippen LogP contribution in [0, 0.1) is 6.92 Å². The Morgan fingerprint density at radius 1 is 1.17 bits per heavy atom. The van der Waals surface area contributed by atoms with E-state index in [9.17, 15) is 5.11 Å². The van der Waals surface area contributed by atoms with Gasteiger partial charge in [-0.15, -0.1) is 0 Å². The molecule has 0 spiro atoms. The van der Waals surface area contributed by atoms with Gasteiger partial charge in [0, 0.05) is 17.0 Å². The molecule has 0 aliphatic rings. The zero-order chi connectivity index (χ0) is 13.1. The smallest absolute Gasteiger partial charge is 0.217 e. The number of hydrogen-bond donors (Lipinski definition) is 1. The number of ether oxygens (including phenoxy) is 2. The lowest BCUT2D eigenvalue weighted by Crippen LogP contribution is -1.98. The highest BCUT2D eigenvalue weighted by Crippen LogP contribution is 2.33. The van der Waals surface area contributed by atoms with Crippen molar-refractivity contribution < 1.29 is 14.6 Å². The Morgan fingerprint density at radius 3 is 2.56 bits per heavy atom. The summed E-state index contributed by atoms with van der Waals surface area (Å²) in [6, 6.07) is 5.19. The van der Waals surface area contributed by atoms with Crippen molar-refractivity contribution in [3.63, 3.8) is 0 Å². The quantitative estimate of drug-likeness (QED) is 0.902. The van der Waals surface area contributed by atoms with Gasteiger partial charge >= 0.3 is 0 Å². The monoisotopic (exact) mass is 247 g/mol. The molecule has 0 radical (unpaired) electrons. The predicted octanol–water partition coefficient (Wildman–Crippen LogP) is 3.05. The molecule has 0 saturated heterocycles. The normalized spacial score (nSPS) is 10.6. The number of nitrogens with zero attached hydrogens (tertiary/aromatic N) is 1. The van der Waals surface area contributed by atoms with Crippen molar-refractivity contribution in [3.05, 3.63) is 23.8 Å². The number of fused-ring (bicyclic) bond motifs is 1. The summed E-state index contributed by atoms with van der Waals surface area (Å²) in [5, 5.41) is 10.7. The molecule has 1 N–H and O–H groups in total. The second kappa shape index (κ2) is 5.12. The molecule has 1 aromatic heterocycles. The Labute approximate surface area is 106 Å².